The quantitative estimate of drug-likeness (QED) is 0.616. The second-order valence-corrected chi connectivity index (χ2v) is 5.51. The summed E-state index contributed by atoms with van der Waals surface area (Å²) in [5, 5.41) is 10.8. The molecule has 0 atom stereocenters. The Morgan fingerprint density at radius 2 is 2.09 bits per heavy atom. The number of hydrogen-bond acceptors (Lipinski definition) is 3. The van der Waals surface area contributed by atoms with Crippen LogP contribution in [-0.2, 0) is 13.0 Å². The van der Waals surface area contributed by atoms with E-state index in [2.05, 4.69) is 4.98 Å². The van der Waals surface area contributed by atoms with Gasteiger partial charge in [-0.25, -0.2) is 9.37 Å². The number of rotatable bonds is 3. The van der Waals surface area contributed by atoms with E-state index in [1.54, 1.807) is 0 Å². The number of benzene rings is 2. The zero-order chi connectivity index (χ0) is 16.0. The SMILES string of the molecule is CCn1cc(Cc2nc3ccccc3o2)c2c(O)cc(F)cc21. The summed E-state index contributed by atoms with van der Waals surface area (Å²) in [4.78, 5) is 4.47. The van der Waals surface area contributed by atoms with Crippen LogP contribution in [0.5, 0.6) is 5.75 Å². The van der Waals surface area contributed by atoms with Gasteiger partial charge in [-0.05, 0) is 30.7 Å². The molecule has 0 saturated carbocycles. The molecular formula is C18H15FN2O2. The number of aryl methyl sites for hydroxylation is 1. The van der Waals surface area contributed by atoms with Crippen LogP contribution >= 0.6 is 0 Å². The molecule has 0 spiro atoms. The molecule has 4 aromatic rings. The summed E-state index contributed by atoms with van der Waals surface area (Å²) in [6, 6.07) is 10.1. The minimum absolute atomic E-state index is 0.0571. The molecule has 0 aliphatic rings. The van der Waals surface area contributed by atoms with Crippen molar-refractivity contribution in [2.45, 2.75) is 19.9 Å². The van der Waals surface area contributed by atoms with Crippen LogP contribution in [-0.4, -0.2) is 14.7 Å². The fourth-order valence-electron chi connectivity index (χ4n) is 3.01. The predicted molar refractivity (Wildman–Crippen MR) is 86.0 cm³/mol. The summed E-state index contributed by atoms with van der Waals surface area (Å²) in [6.45, 7) is 2.66. The van der Waals surface area contributed by atoms with E-state index in [1.165, 1.54) is 6.07 Å². The molecule has 0 aliphatic heterocycles. The summed E-state index contributed by atoms with van der Waals surface area (Å²) in [7, 11) is 0. The van der Waals surface area contributed by atoms with Crippen LogP contribution in [0.25, 0.3) is 22.0 Å². The van der Waals surface area contributed by atoms with E-state index in [1.807, 2.05) is 42.0 Å². The lowest BCUT2D eigenvalue weighted by molar-refractivity contribution is 0.475. The van der Waals surface area contributed by atoms with Crippen molar-refractivity contribution in [1.82, 2.24) is 9.55 Å². The monoisotopic (exact) mass is 310 g/mol. The van der Waals surface area contributed by atoms with E-state index < -0.39 is 5.82 Å². The first-order chi connectivity index (χ1) is 11.2. The second-order valence-electron chi connectivity index (χ2n) is 5.51. The molecule has 0 amide bonds. The Kier molecular flexibility index (Phi) is 3.08. The molecule has 0 unspecified atom stereocenters. The number of aromatic nitrogens is 2. The minimum Gasteiger partial charge on any atom is -0.507 e. The van der Waals surface area contributed by atoms with Gasteiger partial charge in [0.15, 0.2) is 11.5 Å². The first-order valence-electron chi connectivity index (χ1n) is 7.50. The lowest BCUT2D eigenvalue weighted by Crippen LogP contribution is -1.91. The number of para-hydroxylation sites is 2. The molecule has 0 bridgehead atoms. The number of oxazole rings is 1. The fraction of sp³-hybridized carbons (Fsp3) is 0.167. The summed E-state index contributed by atoms with van der Waals surface area (Å²) in [5.41, 5.74) is 3.08. The molecule has 0 saturated heterocycles. The second kappa shape index (κ2) is 5.12. The highest BCUT2D eigenvalue weighted by Crippen LogP contribution is 2.32. The van der Waals surface area contributed by atoms with Crippen LogP contribution in [0.15, 0.2) is 47.0 Å². The summed E-state index contributed by atoms with van der Waals surface area (Å²) in [6.07, 6.45) is 2.36. The van der Waals surface area contributed by atoms with Crippen LogP contribution in [0.1, 0.15) is 18.4 Å². The van der Waals surface area contributed by atoms with Crippen molar-refractivity contribution in [3.63, 3.8) is 0 Å². The van der Waals surface area contributed by atoms with Crippen molar-refractivity contribution in [3.8, 4) is 5.75 Å². The fourth-order valence-corrected chi connectivity index (χ4v) is 3.01. The Bertz CT molecular complexity index is 984. The van der Waals surface area contributed by atoms with Gasteiger partial charge in [-0.15, -0.1) is 0 Å². The Morgan fingerprint density at radius 3 is 2.87 bits per heavy atom. The highest BCUT2D eigenvalue weighted by atomic mass is 19.1. The van der Waals surface area contributed by atoms with Crippen molar-refractivity contribution in [2.75, 3.05) is 0 Å². The number of aromatic hydroxyl groups is 1. The van der Waals surface area contributed by atoms with Gasteiger partial charge in [-0.1, -0.05) is 12.1 Å². The van der Waals surface area contributed by atoms with E-state index in [9.17, 15) is 9.50 Å². The third-order valence-electron chi connectivity index (χ3n) is 4.02. The number of phenolic OH excluding ortho intramolecular Hbond substituents is 1. The van der Waals surface area contributed by atoms with Gasteiger partial charge in [0.1, 0.15) is 17.1 Å². The Hall–Kier alpha value is -2.82. The number of phenols is 1. The van der Waals surface area contributed by atoms with E-state index in [-0.39, 0.29) is 5.75 Å². The molecule has 23 heavy (non-hydrogen) atoms. The average molecular weight is 310 g/mol. The highest BCUT2D eigenvalue weighted by molar-refractivity contribution is 5.90. The number of fused-ring (bicyclic) bond motifs is 2. The van der Waals surface area contributed by atoms with Crippen LogP contribution in [0.4, 0.5) is 4.39 Å². The van der Waals surface area contributed by atoms with Crippen molar-refractivity contribution in [1.29, 1.82) is 0 Å². The van der Waals surface area contributed by atoms with Crippen LogP contribution in [0.2, 0.25) is 0 Å². The summed E-state index contributed by atoms with van der Waals surface area (Å²) in [5.74, 6) is 0.0691. The zero-order valence-electron chi connectivity index (χ0n) is 12.6. The average Bonchev–Trinajstić information content (AvgIpc) is 3.08. The molecular weight excluding hydrogens is 295 g/mol. The predicted octanol–water partition coefficient (Wildman–Crippen LogP) is 4.24. The molecule has 0 radical (unpaired) electrons. The van der Waals surface area contributed by atoms with E-state index in [4.69, 9.17) is 4.42 Å². The molecule has 2 aromatic carbocycles. The van der Waals surface area contributed by atoms with Crippen LogP contribution in [0, 0.1) is 5.82 Å². The van der Waals surface area contributed by atoms with Crippen LogP contribution in [0.3, 0.4) is 0 Å². The summed E-state index contributed by atoms with van der Waals surface area (Å²) >= 11 is 0. The number of halogens is 1. The first kappa shape index (κ1) is 13.8. The lowest BCUT2D eigenvalue weighted by Gasteiger charge is -2.02. The van der Waals surface area contributed by atoms with Gasteiger partial charge in [-0.2, -0.15) is 0 Å². The van der Waals surface area contributed by atoms with E-state index >= 15 is 0 Å². The topological polar surface area (TPSA) is 51.2 Å². The highest BCUT2D eigenvalue weighted by Gasteiger charge is 2.16. The Morgan fingerprint density at radius 1 is 1.26 bits per heavy atom. The third-order valence-corrected chi connectivity index (χ3v) is 4.02. The standard InChI is InChI=1S/C18H15FN2O2/c1-2-21-10-11(18-14(21)8-12(19)9-15(18)22)7-17-20-13-5-3-4-6-16(13)23-17/h3-6,8-10,22H,2,7H2,1H3. The van der Waals surface area contributed by atoms with Gasteiger partial charge in [0.25, 0.3) is 0 Å². The smallest absolute Gasteiger partial charge is 0.199 e. The lowest BCUT2D eigenvalue weighted by atomic mass is 10.1. The Labute approximate surface area is 131 Å². The molecule has 0 fully saturated rings. The van der Waals surface area contributed by atoms with Gasteiger partial charge in [0, 0.05) is 24.2 Å². The Balaban J connectivity index is 1.85. The summed E-state index contributed by atoms with van der Waals surface area (Å²) < 4.78 is 21.2. The molecule has 116 valence electrons. The van der Waals surface area contributed by atoms with Crippen molar-refractivity contribution < 1.29 is 13.9 Å². The van der Waals surface area contributed by atoms with Gasteiger partial charge < -0.3 is 14.1 Å². The van der Waals surface area contributed by atoms with E-state index in [0.717, 1.165) is 22.7 Å². The van der Waals surface area contributed by atoms with Crippen molar-refractivity contribution in [3.05, 3.63) is 59.9 Å². The third kappa shape index (κ3) is 2.25. The maximum atomic E-state index is 13.6. The van der Waals surface area contributed by atoms with Gasteiger partial charge in [0.05, 0.1) is 11.9 Å². The molecule has 0 aliphatic carbocycles. The van der Waals surface area contributed by atoms with E-state index in [0.29, 0.717) is 29.8 Å². The molecule has 4 nitrogen and oxygen atoms in total. The zero-order valence-corrected chi connectivity index (χ0v) is 12.6. The largest absolute Gasteiger partial charge is 0.507 e. The van der Waals surface area contributed by atoms with Crippen molar-refractivity contribution >= 4 is 22.0 Å². The maximum absolute atomic E-state index is 13.6. The normalized spacial score (nSPS) is 11.6. The van der Waals surface area contributed by atoms with Crippen molar-refractivity contribution in [2.24, 2.45) is 0 Å². The maximum Gasteiger partial charge on any atom is 0.199 e. The number of nitrogens with zero attached hydrogens (tertiary/aromatic N) is 2. The molecule has 5 heteroatoms. The molecule has 2 aromatic heterocycles. The van der Waals surface area contributed by atoms with Gasteiger partial charge >= 0.3 is 0 Å². The first-order valence-corrected chi connectivity index (χ1v) is 7.50. The van der Waals surface area contributed by atoms with Crippen LogP contribution < -0.4 is 0 Å². The molecule has 2 heterocycles. The van der Waals surface area contributed by atoms with Gasteiger partial charge in [0.2, 0.25) is 0 Å². The van der Waals surface area contributed by atoms with Gasteiger partial charge in [-0.3, -0.25) is 0 Å². The number of hydrogen-bond donors (Lipinski definition) is 1. The minimum atomic E-state index is -0.448. The molecule has 1 N–H and O–H groups in total. The molecule has 4 rings (SSSR count).